The molecule has 0 fully saturated rings. The summed E-state index contributed by atoms with van der Waals surface area (Å²) < 4.78 is 35.8. The fraction of sp³-hybridized carbons (Fsp3) is 0.250. The maximum absolute atomic E-state index is 12.5. The molecule has 0 unspecified atom stereocenters. The van der Waals surface area contributed by atoms with Gasteiger partial charge in [0.2, 0.25) is 10.0 Å². The summed E-state index contributed by atoms with van der Waals surface area (Å²) >= 11 is 2.47. The van der Waals surface area contributed by atoms with Crippen molar-refractivity contribution >= 4 is 44.1 Å². The summed E-state index contributed by atoms with van der Waals surface area (Å²) in [6, 6.07) is 4.55. The van der Waals surface area contributed by atoms with Crippen LogP contribution in [0.2, 0.25) is 0 Å². The van der Waals surface area contributed by atoms with Crippen LogP contribution in [0.15, 0.2) is 29.3 Å². The van der Waals surface area contributed by atoms with Gasteiger partial charge in [-0.1, -0.05) is 6.07 Å². The zero-order valence-electron chi connectivity index (χ0n) is 11.3. The molecule has 0 saturated heterocycles. The summed E-state index contributed by atoms with van der Waals surface area (Å²) in [6.07, 6.45) is 1.73. The highest BCUT2D eigenvalue weighted by atomic mass is 32.2. The first-order valence-electron chi connectivity index (χ1n) is 6.13. The summed E-state index contributed by atoms with van der Waals surface area (Å²) in [4.78, 5) is 5.40. The molecule has 3 aromatic rings. The van der Waals surface area contributed by atoms with Crippen LogP contribution in [0.3, 0.4) is 0 Å². The second kappa shape index (κ2) is 5.41. The Balaban J connectivity index is 1.95. The van der Waals surface area contributed by atoms with Crippen LogP contribution >= 0.6 is 23.1 Å². The lowest BCUT2D eigenvalue weighted by Gasteiger charge is -2.12. The minimum Gasteiger partial charge on any atom is -0.248 e. The molecule has 0 aliphatic rings. The Morgan fingerprint density at radius 3 is 2.81 bits per heavy atom. The van der Waals surface area contributed by atoms with Crippen molar-refractivity contribution in [2.45, 2.75) is 24.8 Å². The molecule has 0 aliphatic carbocycles. The van der Waals surface area contributed by atoms with Gasteiger partial charge in [-0.3, -0.25) is 0 Å². The Morgan fingerprint density at radius 2 is 2.10 bits per heavy atom. The minimum absolute atomic E-state index is 0.147. The molecule has 0 bridgehead atoms. The largest absolute Gasteiger partial charge is 0.248 e. The third-order valence-electron chi connectivity index (χ3n) is 2.88. The molecule has 1 atom stereocenters. The van der Waals surface area contributed by atoms with Gasteiger partial charge < -0.3 is 0 Å². The maximum Gasteiger partial charge on any atom is 0.243 e. The maximum atomic E-state index is 12.5. The van der Waals surface area contributed by atoms with E-state index in [4.69, 9.17) is 0 Å². The molecule has 21 heavy (non-hydrogen) atoms. The van der Waals surface area contributed by atoms with Crippen LogP contribution in [0.4, 0.5) is 0 Å². The molecule has 110 valence electrons. The Labute approximate surface area is 130 Å². The number of sulfonamides is 1. The first-order valence-corrected chi connectivity index (χ1v) is 9.16. The number of rotatable bonds is 4. The normalized spacial score (nSPS) is 13.6. The standard InChI is InChI=1S/C12H12N4O2S3/c1-7-6-13-12(19-7)8(2)16-21(17,18)10-5-3-4-9-11(10)15-20-14-9/h3-6,8,16H,1-2H3/t8-/m1/s1. The Bertz CT molecular complexity index is 885. The fourth-order valence-electron chi connectivity index (χ4n) is 1.92. The average molecular weight is 340 g/mol. The molecule has 0 spiro atoms. The van der Waals surface area contributed by atoms with E-state index in [0.717, 1.165) is 21.6 Å². The van der Waals surface area contributed by atoms with Crippen LogP contribution in [0.1, 0.15) is 22.9 Å². The second-order valence-corrected chi connectivity index (χ2v) is 8.02. The van der Waals surface area contributed by atoms with E-state index in [1.54, 1.807) is 25.3 Å². The molecule has 0 radical (unpaired) electrons. The summed E-state index contributed by atoms with van der Waals surface area (Å²) in [6.45, 7) is 3.71. The smallest absolute Gasteiger partial charge is 0.243 e. The molecule has 1 aromatic carbocycles. The third kappa shape index (κ3) is 2.82. The van der Waals surface area contributed by atoms with E-state index in [2.05, 4.69) is 18.5 Å². The highest BCUT2D eigenvalue weighted by Crippen LogP contribution is 2.24. The monoisotopic (exact) mass is 340 g/mol. The molecular formula is C12H12N4O2S3. The van der Waals surface area contributed by atoms with Crippen LogP contribution in [0.5, 0.6) is 0 Å². The van der Waals surface area contributed by atoms with Crippen LogP contribution in [-0.4, -0.2) is 22.1 Å². The van der Waals surface area contributed by atoms with E-state index in [-0.39, 0.29) is 4.90 Å². The number of aromatic nitrogens is 3. The van der Waals surface area contributed by atoms with Gasteiger partial charge in [0.25, 0.3) is 0 Å². The summed E-state index contributed by atoms with van der Waals surface area (Å²) in [5.41, 5.74) is 0.984. The van der Waals surface area contributed by atoms with Crippen molar-refractivity contribution in [1.29, 1.82) is 0 Å². The summed E-state index contributed by atoms with van der Waals surface area (Å²) in [5, 5.41) is 0.736. The molecule has 0 saturated carbocycles. The zero-order valence-corrected chi connectivity index (χ0v) is 13.7. The highest BCUT2D eigenvalue weighted by Gasteiger charge is 2.23. The number of fused-ring (bicyclic) bond motifs is 1. The molecule has 9 heteroatoms. The van der Waals surface area contributed by atoms with Gasteiger partial charge >= 0.3 is 0 Å². The van der Waals surface area contributed by atoms with Crippen LogP contribution < -0.4 is 4.72 Å². The third-order valence-corrected chi connectivity index (χ3v) is 6.09. The van der Waals surface area contributed by atoms with Gasteiger partial charge in [0, 0.05) is 11.1 Å². The van der Waals surface area contributed by atoms with E-state index >= 15 is 0 Å². The van der Waals surface area contributed by atoms with E-state index < -0.39 is 16.1 Å². The van der Waals surface area contributed by atoms with Gasteiger partial charge in [0.15, 0.2) is 0 Å². The van der Waals surface area contributed by atoms with E-state index in [1.165, 1.54) is 17.4 Å². The van der Waals surface area contributed by atoms with Crippen molar-refractivity contribution in [2.75, 3.05) is 0 Å². The minimum atomic E-state index is -3.67. The Morgan fingerprint density at radius 1 is 1.29 bits per heavy atom. The van der Waals surface area contributed by atoms with Gasteiger partial charge in [0.1, 0.15) is 20.9 Å². The summed E-state index contributed by atoms with van der Waals surface area (Å²) in [5.74, 6) is 0. The van der Waals surface area contributed by atoms with Crippen LogP contribution in [0.25, 0.3) is 11.0 Å². The van der Waals surface area contributed by atoms with Crippen LogP contribution in [0, 0.1) is 6.92 Å². The molecule has 2 heterocycles. The molecule has 3 rings (SSSR count). The fourth-order valence-corrected chi connectivity index (χ4v) is 4.74. The number of aryl methyl sites for hydroxylation is 1. The number of thiazole rings is 1. The number of nitrogens with zero attached hydrogens (tertiary/aromatic N) is 3. The van der Waals surface area contributed by atoms with Crippen molar-refractivity contribution < 1.29 is 8.42 Å². The quantitative estimate of drug-likeness (QED) is 0.789. The van der Waals surface area contributed by atoms with Gasteiger partial charge in [-0.05, 0) is 26.0 Å². The van der Waals surface area contributed by atoms with Crippen molar-refractivity contribution in [3.63, 3.8) is 0 Å². The first-order chi connectivity index (χ1) is 9.97. The second-order valence-electron chi connectivity index (χ2n) is 4.54. The van der Waals surface area contributed by atoms with Crippen molar-refractivity contribution in [1.82, 2.24) is 18.5 Å². The molecule has 2 aromatic heterocycles. The molecule has 6 nitrogen and oxygen atoms in total. The van der Waals surface area contributed by atoms with Gasteiger partial charge in [-0.2, -0.15) is 8.75 Å². The predicted molar refractivity (Wildman–Crippen MR) is 83.0 cm³/mol. The summed E-state index contributed by atoms with van der Waals surface area (Å²) in [7, 11) is -3.67. The molecule has 0 aliphatic heterocycles. The zero-order chi connectivity index (χ0) is 15.0. The Kier molecular flexibility index (Phi) is 3.74. The molecular weight excluding hydrogens is 328 g/mol. The lowest BCUT2D eigenvalue weighted by molar-refractivity contribution is 0.567. The SMILES string of the molecule is Cc1cnc([C@@H](C)NS(=O)(=O)c2cccc3nsnc23)s1. The van der Waals surface area contributed by atoms with E-state index in [0.29, 0.717) is 11.0 Å². The molecule has 1 N–H and O–H groups in total. The van der Waals surface area contributed by atoms with E-state index in [9.17, 15) is 8.42 Å². The lowest BCUT2D eigenvalue weighted by atomic mass is 10.3. The first kappa shape index (κ1) is 14.5. The van der Waals surface area contributed by atoms with Gasteiger partial charge in [0.05, 0.1) is 17.8 Å². The topological polar surface area (TPSA) is 84.8 Å². The van der Waals surface area contributed by atoms with E-state index in [1.807, 2.05) is 6.92 Å². The number of nitrogens with one attached hydrogen (secondary N) is 1. The molecule has 0 amide bonds. The average Bonchev–Trinajstić information content (AvgIpc) is 3.05. The van der Waals surface area contributed by atoms with Crippen molar-refractivity contribution in [2.24, 2.45) is 0 Å². The number of hydrogen-bond acceptors (Lipinski definition) is 7. The lowest BCUT2D eigenvalue weighted by Crippen LogP contribution is -2.27. The predicted octanol–water partition coefficient (Wildman–Crippen LogP) is 2.50. The Hall–Kier alpha value is -1.42. The number of benzene rings is 1. The van der Waals surface area contributed by atoms with Crippen molar-refractivity contribution in [3.05, 3.63) is 34.3 Å². The van der Waals surface area contributed by atoms with Gasteiger partial charge in [-0.25, -0.2) is 18.1 Å². The highest BCUT2D eigenvalue weighted by molar-refractivity contribution is 7.89. The van der Waals surface area contributed by atoms with Crippen molar-refractivity contribution in [3.8, 4) is 0 Å². The van der Waals surface area contributed by atoms with Crippen LogP contribution in [-0.2, 0) is 10.0 Å². The number of hydrogen-bond donors (Lipinski definition) is 1. The van der Waals surface area contributed by atoms with Gasteiger partial charge in [-0.15, -0.1) is 11.3 Å².